The summed E-state index contributed by atoms with van der Waals surface area (Å²) in [6.45, 7) is -6.29. The molecule has 1 aromatic carbocycles. The molecule has 2 rings (SSSR count). The Morgan fingerprint density at radius 3 is 2.46 bits per heavy atom. The monoisotopic (exact) mass is 434 g/mol. The van der Waals surface area contributed by atoms with Crippen molar-refractivity contribution in [1.29, 1.82) is 0 Å². The van der Waals surface area contributed by atoms with E-state index in [9.17, 15) is 22.4 Å². The van der Waals surface area contributed by atoms with E-state index in [0.717, 1.165) is 22.7 Å². The third-order valence-corrected chi connectivity index (χ3v) is 3.29. The third-order valence-electron chi connectivity index (χ3n) is 2.82. The van der Waals surface area contributed by atoms with E-state index in [2.05, 4.69) is 35.7 Å². The first-order valence-electron chi connectivity index (χ1n) is 6.98. The number of alkyl halides is 4. The smallest absolute Gasteiger partial charge is 0.387 e. The summed E-state index contributed by atoms with van der Waals surface area (Å²) < 4.78 is 58.5. The fourth-order valence-corrected chi connectivity index (χ4v) is 2.04. The van der Waals surface area contributed by atoms with Crippen molar-refractivity contribution in [2.24, 2.45) is 0 Å². The average Bonchev–Trinajstić information content (AvgIpc) is 2.55. The number of carbonyl (C=O) groups excluding carboxylic acids is 1. The Labute approximate surface area is 153 Å². The standard InChI is InChI=1S/C16H11BrF4N2O3/c17-10-3-5-13(22-8-10)23-14(24)6-2-9-1-4-11(25-15(18)19)7-12(9)26-16(20)21/h1-8,15-16H,(H,22,23,24)/b6-2+. The van der Waals surface area contributed by atoms with Crippen LogP contribution in [0.25, 0.3) is 6.08 Å². The first kappa shape index (κ1) is 19.7. The Kier molecular flexibility index (Phi) is 6.96. The molecule has 2 aromatic rings. The van der Waals surface area contributed by atoms with Crippen LogP contribution in [0.3, 0.4) is 0 Å². The number of halogens is 5. The Bertz CT molecular complexity index is 786. The van der Waals surface area contributed by atoms with E-state index in [1.54, 1.807) is 12.1 Å². The summed E-state index contributed by atoms with van der Waals surface area (Å²) in [4.78, 5) is 15.8. The van der Waals surface area contributed by atoms with Crippen LogP contribution in [-0.4, -0.2) is 24.1 Å². The molecule has 1 amide bonds. The molecule has 0 unspecified atom stereocenters. The second-order valence-corrected chi connectivity index (χ2v) is 5.56. The van der Waals surface area contributed by atoms with Gasteiger partial charge in [-0.15, -0.1) is 0 Å². The number of pyridine rings is 1. The highest BCUT2D eigenvalue weighted by molar-refractivity contribution is 9.10. The summed E-state index contributed by atoms with van der Waals surface area (Å²) in [5, 5.41) is 2.47. The van der Waals surface area contributed by atoms with Gasteiger partial charge in [-0.3, -0.25) is 4.79 Å². The molecule has 5 nitrogen and oxygen atoms in total. The predicted octanol–water partition coefficient (Wildman–Crippen LogP) is 4.70. The van der Waals surface area contributed by atoms with Gasteiger partial charge in [-0.25, -0.2) is 4.98 Å². The SMILES string of the molecule is O=C(/C=C/c1ccc(OC(F)F)cc1OC(F)F)Nc1ccc(Br)cn1. The minimum absolute atomic E-state index is 0.0748. The number of nitrogens with one attached hydrogen (secondary N) is 1. The number of hydrogen-bond acceptors (Lipinski definition) is 4. The Hall–Kier alpha value is -2.62. The number of amides is 1. The highest BCUT2D eigenvalue weighted by atomic mass is 79.9. The van der Waals surface area contributed by atoms with Gasteiger partial charge in [-0.05, 0) is 46.3 Å². The van der Waals surface area contributed by atoms with Crippen molar-refractivity contribution in [2.75, 3.05) is 5.32 Å². The molecule has 0 saturated carbocycles. The molecule has 0 bridgehead atoms. The van der Waals surface area contributed by atoms with E-state index in [-0.39, 0.29) is 17.1 Å². The fraction of sp³-hybridized carbons (Fsp3) is 0.125. The highest BCUT2D eigenvalue weighted by Crippen LogP contribution is 2.28. The van der Waals surface area contributed by atoms with Crippen LogP contribution in [0.2, 0.25) is 0 Å². The second kappa shape index (κ2) is 9.18. The lowest BCUT2D eigenvalue weighted by molar-refractivity contribution is -0.111. The second-order valence-electron chi connectivity index (χ2n) is 4.64. The normalized spacial score (nSPS) is 11.2. The number of nitrogens with zero attached hydrogens (tertiary/aromatic N) is 1. The maximum Gasteiger partial charge on any atom is 0.387 e. The quantitative estimate of drug-likeness (QED) is 0.506. The molecular formula is C16H11BrF4N2O3. The minimum atomic E-state index is -3.18. The predicted molar refractivity (Wildman–Crippen MR) is 89.3 cm³/mol. The van der Waals surface area contributed by atoms with Gasteiger partial charge in [0.2, 0.25) is 5.91 Å². The van der Waals surface area contributed by atoms with Crippen LogP contribution in [0, 0.1) is 0 Å². The molecule has 0 fully saturated rings. The molecule has 26 heavy (non-hydrogen) atoms. The van der Waals surface area contributed by atoms with E-state index in [4.69, 9.17) is 0 Å². The number of benzene rings is 1. The van der Waals surface area contributed by atoms with Crippen LogP contribution < -0.4 is 14.8 Å². The van der Waals surface area contributed by atoms with E-state index in [1.807, 2.05) is 0 Å². The van der Waals surface area contributed by atoms with Gasteiger partial charge in [-0.2, -0.15) is 17.6 Å². The van der Waals surface area contributed by atoms with Crippen LogP contribution in [0.15, 0.2) is 47.1 Å². The van der Waals surface area contributed by atoms with Crippen molar-refractivity contribution in [3.05, 3.63) is 52.6 Å². The van der Waals surface area contributed by atoms with Crippen LogP contribution in [0.5, 0.6) is 11.5 Å². The number of anilines is 1. The topological polar surface area (TPSA) is 60.5 Å². The van der Waals surface area contributed by atoms with Gasteiger partial charge < -0.3 is 14.8 Å². The third kappa shape index (κ3) is 6.36. The largest absolute Gasteiger partial charge is 0.435 e. The molecule has 0 aliphatic rings. The molecule has 1 N–H and O–H groups in total. The number of hydrogen-bond donors (Lipinski definition) is 1. The molecular weight excluding hydrogens is 424 g/mol. The van der Waals surface area contributed by atoms with E-state index < -0.39 is 24.9 Å². The Balaban J connectivity index is 2.13. The minimum Gasteiger partial charge on any atom is -0.435 e. The molecule has 0 aliphatic heterocycles. The molecule has 0 radical (unpaired) electrons. The Morgan fingerprint density at radius 1 is 1.12 bits per heavy atom. The van der Waals surface area contributed by atoms with Crippen LogP contribution in [-0.2, 0) is 4.79 Å². The van der Waals surface area contributed by atoms with E-state index in [1.165, 1.54) is 18.3 Å². The number of ether oxygens (including phenoxy) is 2. The first-order valence-corrected chi connectivity index (χ1v) is 7.77. The molecule has 0 saturated heterocycles. The maximum absolute atomic E-state index is 12.5. The highest BCUT2D eigenvalue weighted by Gasteiger charge is 2.12. The summed E-state index contributed by atoms with van der Waals surface area (Å²) >= 11 is 3.20. The number of carbonyl (C=O) groups is 1. The van der Waals surface area contributed by atoms with Gasteiger partial charge in [0.25, 0.3) is 0 Å². The van der Waals surface area contributed by atoms with Crippen molar-refractivity contribution >= 4 is 33.7 Å². The number of rotatable bonds is 7. The van der Waals surface area contributed by atoms with E-state index >= 15 is 0 Å². The molecule has 0 aliphatic carbocycles. The summed E-state index contributed by atoms with van der Waals surface area (Å²) in [6.07, 6.45) is 3.73. The van der Waals surface area contributed by atoms with E-state index in [0.29, 0.717) is 0 Å². The van der Waals surface area contributed by atoms with Gasteiger partial charge in [0.1, 0.15) is 17.3 Å². The molecule has 1 aromatic heterocycles. The first-order chi connectivity index (χ1) is 12.3. The lowest BCUT2D eigenvalue weighted by Crippen LogP contribution is -2.09. The van der Waals surface area contributed by atoms with Crippen LogP contribution in [0.4, 0.5) is 23.4 Å². The molecule has 0 atom stereocenters. The van der Waals surface area contributed by atoms with Crippen molar-refractivity contribution in [2.45, 2.75) is 13.2 Å². The zero-order valence-corrected chi connectivity index (χ0v) is 14.4. The fourth-order valence-electron chi connectivity index (χ4n) is 1.81. The van der Waals surface area contributed by atoms with Gasteiger partial charge in [0.15, 0.2) is 0 Å². The Morgan fingerprint density at radius 2 is 1.85 bits per heavy atom. The van der Waals surface area contributed by atoms with Crippen molar-refractivity contribution in [1.82, 2.24) is 4.98 Å². The van der Waals surface area contributed by atoms with Crippen LogP contribution >= 0.6 is 15.9 Å². The number of aromatic nitrogens is 1. The lowest BCUT2D eigenvalue weighted by Gasteiger charge is -2.11. The average molecular weight is 435 g/mol. The molecule has 1 heterocycles. The van der Waals surface area contributed by atoms with Crippen LogP contribution in [0.1, 0.15) is 5.56 Å². The maximum atomic E-state index is 12.5. The van der Waals surface area contributed by atoms with Gasteiger partial charge in [0.05, 0.1) is 0 Å². The molecule has 10 heteroatoms. The molecule has 0 spiro atoms. The van der Waals surface area contributed by atoms with Crippen molar-refractivity contribution < 1.29 is 31.8 Å². The van der Waals surface area contributed by atoms with Gasteiger partial charge in [-0.1, -0.05) is 0 Å². The molecule has 138 valence electrons. The van der Waals surface area contributed by atoms with Crippen molar-refractivity contribution in [3.63, 3.8) is 0 Å². The lowest BCUT2D eigenvalue weighted by atomic mass is 10.1. The summed E-state index contributed by atoms with van der Waals surface area (Å²) in [6, 6.07) is 6.45. The summed E-state index contributed by atoms with van der Waals surface area (Å²) in [5.41, 5.74) is 0.0748. The summed E-state index contributed by atoms with van der Waals surface area (Å²) in [5.74, 6) is -1.05. The zero-order chi connectivity index (χ0) is 19.1. The van der Waals surface area contributed by atoms with Crippen molar-refractivity contribution in [3.8, 4) is 11.5 Å². The summed E-state index contributed by atoms with van der Waals surface area (Å²) in [7, 11) is 0. The van der Waals surface area contributed by atoms with Gasteiger partial charge >= 0.3 is 13.2 Å². The zero-order valence-electron chi connectivity index (χ0n) is 12.8. The van der Waals surface area contributed by atoms with Gasteiger partial charge in [0, 0.05) is 28.4 Å².